The zero-order chi connectivity index (χ0) is 22.7. The summed E-state index contributed by atoms with van der Waals surface area (Å²) in [6, 6.07) is 16.4. The number of ether oxygens (including phenoxy) is 1. The fourth-order valence-corrected chi connectivity index (χ4v) is 4.54. The lowest BCUT2D eigenvalue weighted by Gasteiger charge is -2.19. The number of amides is 1. The highest BCUT2D eigenvalue weighted by Gasteiger charge is 2.19. The lowest BCUT2D eigenvalue weighted by Crippen LogP contribution is -2.30. The molecule has 1 N–H and O–H groups in total. The fraction of sp³-hybridized carbons (Fsp3) is 0.292. The SMILES string of the molecule is COC[C@@H](C)n1c(SCC(=O)N[C@H](C)c2cc3ccccc3o2)nc2ccccc2c1=O. The molecule has 0 unspecified atom stereocenters. The Kier molecular flexibility index (Phi) is 6.62. The third-order valence-corrected chi connectivity index (χ3v) is 6.16. The van der Waals surface area contributed by atoms with Crippen LogP contribution in [0.3, 0.4) is 0 Å². The molecule has 32 heavy (non-hydrogen) atoms. The first-order valence-electron chi connectivity index (χ1n) is 10.4. The van der Waals surface area contributed by atoms with Gasteiger partial charge in [0.05, 0.1) is 35.3 Å². The Morgan fingerprint density at radius 2 is 1.94 bits per heavy atom. The molecular weight excluding hydrogens is 426 g/mol. The molecular formula is C24H25N3O4S. The summed E-state index contributed by atoms with van der Waals surface area (Å²) in [5.41, 5.74) is 1.25. The summed E-state index contributed by atoms with van der Waals surface area (Å²) < 4.78 is 12.7. The molecule has 0 spiro atoms. The Balaban J connectivity index is 1.52. The van der Waals surface area contributed by atoms with E-state index < -0.39 is 0 Å². The second-order valence-corrected chi connectivity index (χ2v) is 8.60. The van der Waals surface area contributed by atoms with Crippen LogP contribution in [0.2, 0.25) is 0 Å². The lowest BCUT2D eigenvalue weighted by atomic mass is 10.2. The number of furan rings is 1. The highest BCUT2D eigenvalue weighted by atomic mass is 32.2. The van der Waals surface area contributed by atoms with Crippen LogP contribution < -0.4 is 10.9 Å². The Bertz CT molecular complexity index is 1280. The van der Waals surface area contributed by atoms with E-state index in [2.05, 4.69) is 10.3 Å². The first kappa shape index (κ1) is 22.1. The molecule has 0 aliphatic heterocycles. The highest BCUT2D eigenvalue weighted by molar-refractivity contribution is 7.99. The van der Waals surface area contributed by atoms with Gasteiger partial charge in [-0.1, -0.05) is 42.1 Å². The lowest BCUT2D eigenvalue weighted by molar-refractivity contribution is -0.119. The molecule has 166 valence electrons. The van der Waals surface area contributed by atoms with Gasteiger partial charge in [0.2, 0.25) is 5.91 Å². The van der Waals surface area contributed by atoms with Crippen LogP contribution in [0, 0.1) is 0 Å². The quantitative estimate of drug-likeness (QED) is 0.317. The summed E-state index contributed by atoms with van der Waals surface area (Å²) in [4.78, 5) is 30.4. The van der Waals surface area contributed by atoms with Crippen molar-refractivity contribution in [3.8, 4) is 0 Å². The number of aromatic nitrogens is 2. The van der Waals surface area contributed by atoms with Crippen molar-refractivity contribution in [2.75, 3.05) is 19.5 Å². The first-order chi connectivity index (χ1) is 15.5. The number of fused-ring (bicyclic) bond motifs is 2. The van der Waals surface area contributed by atoms with Crippen molar-refractivity contribution in [2.45, 2.75) is 31.1 Å². The predicted molar refractivity (Wildman–Crippen MR) is 126 cm³/mol. The van der Waals surface area contributed by atoms with E-state index in [1.165, 1.54) is 11.8 Å². The third kappa shape index (κ3) is 4.56. The monoisotopic (exact) mass is 451 g/mol. The maximum absolute atomic E-state index is 13.1. The molecule has 0 saturated carbocycles. The molecule has 0 bridgehead atoms. The van der Waals surface area contributed by atoms with Crippen LogP contribution in [-0.4, -0.2) is 34.9 Å². The minimum atomic E-state index is -0.283. The Morgan fingerprint density at radius 1 is 1.19 bits per heavy atom. The van der Waals surface area contributed by atoms with E-state index in [4.69, 9.17) is 9.15 Å². The van der Waals surface area contributed by atoms with Gasteiger partial charge in [-0.25, -0.2) is 4.98 Å². The molecule has 0 aliphatic carbocycles. The smallest absolute Gasteiger partial charge is 0.262 e. The van der Waals surface area contributed by atoms with Gasteiger partial charge >= 0.3 is 0 Å². The van der Waals surface area contributed by atoms with Crippen LogP contribution in [0.15, 0.2) is 69.0 Å². The predicted octanol–water partition coefficient (Wildman–Crippen LogP) is 4.32. The van der Waals surface area contributed by atoms with Crippen molar-refractivity contribution in [2.24, 2.45) is 0 Å². The number of nitrogens with one attached hydrogen (secondary N) is 1. The van der Waals surface area contributed by atoms with Crippen molar-refractivity contribution in [3.05, 3.63) is 70.7 Å². The van der Waals surface area contributed by atoms with E-state index in [1.807, 2.05) is 56.3 Å². The van der Waals surface area contributed by atoms with E-state index in [1.54, 1.807) is 23.8 Å². The van der Waals surface area contributed by atoms with E-state index in [-0.39, 0.29) is 29.3 Å². The van der Waals surface area contributed by atoms with Gasteiger partial charge < -0.3 is 14.5 Å². The summed E-state index contributed by atoms with van der Waals surface area (Å²) in [6.45, 7) is 4.14. The number of carbonyl (C=O) groups excluding carboxylic acids is 1. The van der Waals surface area contributed by atoms with Crippen molar-refractivity contribution in [3.63, 3.8) is 0 Å². The number of hydrogen-bond acceptors (Lipinski definition) is 6. The minimum Gasteiger partial charge on any atom is -0.459 e. The van der Waals surface area contributed by atoms with Crippen LogP contribution in [-0.2, 0) is 9.53 Å². The fourth-order valence-electron chi connectivity index (χ4n) is 3.63. The molecule has 0 fully saturated rings. The summed E-state index contributed by atoms with van der Waals surface area (Å²) >= 11 is 1.23. The van der Waals surface area contributed by atoms with E-state index >= 15 is 0 Å². The van der Waals surface area contributed by atoms with Crippen LogP contribution in [0.25, 0.3) is 21.9 Å². The maximum atomic E-state index is 13.1. The Morgan fingerprint density at radius 3 is 2.72 bits per heavy atom. The van der Waals surface area contributed by atoms with Crippen molar-refractivity contribution in [1.82, 2.24) is 14.9 Å². The number of carbonyl (C=O) groups is 1. The van der Waals surface area contributed by atoms with Crippen molar-refractivity contribution in [1.29, 1.82) is 0 Å². The number of hydrogen-bond donors (Lipinski definition) is 1. The van der Waals surface area contributed by atoms with Crippen LogP contribution in [0.4, 0.5) is 0 Å². The third-order valence-electron chi connectivity index (χ3n) is 5.21. The summed E-state index contributed by atoms with van der Waals surface area (Å²) in [5.74, 6) is 0.644. The molecule has 1 amide bonds. The normalized spacial score (nSPS) is 13.3. The summed E-state index contributed by atoms with van der Waals surface area (Å²) in [7, 11) is 1.59. The van der Waals surface area contributed by atoms with Gasteiger partial charge in [0.15, 0.2) is 5.16 Å². The molecule has 8 heteroatoms. The van der Waals surface area contributed by atoms with Gasteiger partial charge in [-0.15, -0.1) is 0 Å². The van der Waals surface area contributed by atoms with Gasteiger partial charge in [-0.2, -0.15) is 0 Å². The molecule has 0 aliphatic rings. The average Bonchev–Trinajstić information content (AvgIpc) is 3.22. The molecule has 2 heterocycles. The number of thioether (sulfide) groups is 1. The van der Waals surface area contributed by atoms with E-state index in [9.17, 15) is 9.59 Å². The summed E-state index contributed by atoms with van der Waals surface area (Å²) in [5, 5.41) is 4.99. The molecule has 2 aromatic heterocycles. The zero-order valence-electron chi connectivity index (χ0n) is 18.2. The van der Waals surface area contributed by atoms with E-state index in [0.29, 0.717) is 28.4 Å². The summed E-state index contributed by atoms with van der Waals surface area (Å²) in [6.07, 6.45) is 0. The number of para-hydroxylation sites is 2. The van der Waals surface area contributed by atoms with Crippen LogP contribution in [0.5, 0.6) is 0 Å². The van der Waals surface area contributed by atoms with Gasteiger partial charge in [0.1, 0.15) is 11.3 Å². The minimum absolute atomic E-state index is 0.120. The topological polar surface area (TPSA) is 86.4 Å². The Hall–Kier alpha value is -3.10. The molecule has 7 nitrogen and oxygen atoms in total. The number of benzene rings is 2. The van der Waals surface area contributed by atoms with Gasteiger partial charge in [0, 0.05) is 12.5 Å². The standard InChI is InChI=1S/C24H25N3O4S/c1-15(13-30-3)27-23(29)18-9-5-6-10-19(18)26-24(27)32-14-22(28)25-16(2)21-12-17-8-4-7-11-20(17)31-21/h4-12,15-16H,13-14H2,1-3H3,(H,25,28)/t15-,16-/m1/s1. The van der Waals surface area contributed by atoms with Gasteiger partial charge in [0.25, 0.3) is 5.56 Å². The number of rotatable bonds is 8. The largest absolute Gasteiger partial charge is 0.459 e. The number of methoxy groups -OCH3 is 1. The van der Waals surface area contributed by atoms with Crippen molar-refractivity contribution >= 4 is 39.5 Å². The van der Waals surface area contributed by atoms with E-state index in [0.717, 1.165) is 11.0 Å². The number of nitrogens with zero attached hydrogens (tertiary/aromatic N) is 2. The zero-order valence-corrected chi connectivity index (χ0v) is 19.0. The molecule has 4 aromatic rings. The second kappa shape index (κ2) is 9.58. The van der Waals surface area contributed by atoms with Crippen LogP contribution >= 0.6 is 11.8 Å². The van der Waals surface area contributed by atoms with Crippen LogP contribution in [0.1, 0.15) is 31.7 Å². The molecule has 2 aromatic carbocycles. The van der Waals surface area contributed by atoms with Gasteiger partial charge in [-0.3, -0.25) is 14.2 Å². The highest BCUT2D eigenvalue weighted by Crippen LogP contribution is 2.24. The van der Waals surface area contributed by atoms with Gasteiger partial charge in [-0.05, 0) is 38.1 Å². The molecule has 0 radical (unpaired) electrons. The molecule has 2 atom stereocenters. The Labute approximate surface area is 189 Å². The first-order valence-corrected chi connectivity index (χ1v) is 11.4. The van der Waals surface area contributed by atoms with Crippen molar-refractivity contribution < 1.29 is 13.9 Å². The molecule has 0 saturated heterocycles. The molecule has 4 rings (SSSR count). The second-order valence-electron chi connectivity index (χ2n) is 7.66. The average molecular weight is 452 g/mol. The maximum Gasteiger partial charge on any atom is 0.262 e.